The summed E-state index contributed by atoms with van der Waals surface area (Å²) in [5.41, 5.74) is 2.16. The van der Waals surface area contributed by atoms with E-state index >= 15 is 0 Å². The molecule has 1 saturated heterocycles. The lowest BCUT2D eigenvalue weighted by Crippen LogP contribution is -2.51. The van der Waals surface area contributed by atoms with E-state index < -0.39 is 21.7 Å². The molecule has 1 aliphatic heterocycles. The van der Waals surface area contributed by atoms with Crippen LogP contribution in [-0.4, -0.2) is 56.3 Å². The molecular formula is C20H23F2N3O3S. The lowest BCUT2D eigenvalue weighted by Gasteiger charge is -2.33. The molecule has 156 valence electrons. The van der Waals surface area contributed by atoms with E-state index in [2.05, 4.69) is 5.32 Å². The summed E-state index contributed by atoms with van der Waals surface area (Å²) in [5, 5.41) is 2.85. The summed E-state index contributed by atoms with van der Waals surface area (Å²) < 4.78 is 52.9. The molecule has 6 nitrogen and oxygen atoms in total. The van der Waals surface area contributed by atoms with Gasteiger partial charge in [-0.2, -0.15) is 4.31 Å². The Bertz CT molecular complexity index is 973. The molecule has 9 heteroatoms. The van der Waals surface area contributed by atoms with E-state index in [0.29, 0.717) is 25.7 Å². The monoisotopic (exact) mass is 423 g/mol. The highest BCUT2D eigenvalue weighted by Crippen LogP contribution is 2.19. The lowest BCUT2D eigenvalue weighted by atomic mass is 10.1. The Morgan fingerprint density at radius 3 is 2.28 bits per heavy atom. The van der Waals surface area contributed by atoms with Gasteiger partial charge in [-0.3, -0.25) is 9.69 Å². The summed E-state index contributed by atoms with van der Waals surface area (Å²) in [4.78, 5) is 13.7. The summed E-state index contributed by atoms with van der Waals surface area (Å²) in [5.74, 6) is -2.43. The third kappa shape index (κ3) is 5.37. The van der Waals surface area contributed by atoms with Crippen molar-refractivity contribution in [3.05, 3.63) is 65.2 Å². The van der Waals surface area contributed by atoms with Gasteiger partial charge >= 0.3 is 0 Å². The number of halogens is 2. The number of benzene rings is 2. The van der Waals surface area contributed by atoms with E-state index in [9.17, 15) is 22.0 Å². The largest absolute Gasteiger partial charge is 0.351 e. The van der Waals surface area contributed by atoms with Crippen molar-refractivity contribution in [1.29, 1.82) is 0 Å². The minimum atomic E-state index is -3.90. The van der Waals surface area contributed by atoms with Crippen LogP contribution in [-0.2, 0) is 21.4 Å². The van der Waals surface area contributed by atoms with E-state index in [-0.39, 0.29) is 30.4 Å². The van der Waals surface area contributed by atoms with Crippen LogP contribution in [0.15, 0.2) is 47.4 Å². The van der Waals surface area contributed by atoms with Gasteiger partial charge < -0.3 is 5.32 Å². The predicted octanol–water partition coefficient (Wildman–Crippen LogP) is 1.90. The van der Waals surface area contributed by atoms with E-state index in [0.717, 1.165) is 23.3 Å². The zero-order chi connectivity index (χ0) is 21.0. The van der Waals surface area contributed by atoms with E-state index in [1.54, 1.807) is 0 Å². The summed E-state index contributed by atoms with van der Waals surface area (Å²) >= 11 is 0. The smallest absolute Gasteiger partial charge is 0.243 e. The standard InChI is InChI=1S/C20H23F2N3O3S/c1-15-2-4-16(5-3-15)13-23-20(26)14-24-8-10-25(11-9-24)29(27,28)17-6-7-18(21)19(22)12-17/h2-7,12H,8-11,13-14H2,1H3,(H,23,26). The zero-order valence-corrected chi connectivity index (χ0v) is 16.9. The quantitative estimate of drug-likeness (QED) is 0.771. The van der Waals surface area contributed by atoms with Crippen LogP contribution in [0.1, 0.15) is 11.1 Å². The lowest BCUT2D eigenvalue weighted by molar-refractivity contribution is -0.122. The second-order valence-corrected chi connectivity index (χ2v) is 8.96. The first-order chi connectivity index (χ1) is 13.8. The van der Waals surface area contributed by atoms with Gasteiger partial charge in [-0.25, -0.2) is 17.2 Å². The van der Waals surface area contributed by atoms with E-state index in [1.165, 1.54) is 4.31 Å². The van der Waals surface area contributed by atoms with Gasteiger partial charge in [-0.05, 0) is 30.7 Å². The fourth-order valence-corrected chi connectivity index (χ4v) is 4.51. The van der Waals surface area contributed by atoms with Crippen molar-refractivity contribution in [1.82, 2.24) is 14.5 Å². The molecule has 0 aromatic heterocycles. The number of rotatable bonds is 6. The van der Waals surface area contributed by atoms with E-state index in [1.807, 2.05) is 36.1 Å². The number of carbonyl (C=O) groups excluding carboxylic acids is 1. The number of amides is 1. The summed E-state index contributed by atoms with van der Waals surface area (Å²) in [6.07, 6.45) is 0. The second kappa shape index (κ2) is 8.98. The SMILES string of the molecule is Cc1ccc(CNC(=O)CN2CCN(S(=O)(=O)c3ccc(F)c(F)c3)CC2)cc1. The molecule has 3 rings (SSSR count). The predicted molar refractivity (Wildman–Crippen MR) is 105 cm³/mol. The van der Waals surface area contributed by atoms with Gasteiger partial charge in [0.05, 0.1) is 11.4 Å². The van der Waals surface area contributed by atoms with Gasteiger partial charge in [-0.1, -0.05) is 29.8 Å². The average Bonchev–Trinajstić information content (AvgIpc) is 2.70. The maximum atomic E-state index is 13.4. The maximum Gasteiger partial charge on any atom is 0.243 e. The van der Waals surface area contributed by atoms with Gasteiger partial charge in [0.1, 0.15) is 0 Å². The number of piperazine rings is 1. The number of carbonyl (C=O) groups is 1. The van der Waals surface area contributed by atoms with Gasteiger partial charge in [0.15, 0.2) is 11.6 Å². The summed E-state index contributed by atoms with van der Waals surface area (Å²) in [6, 6.07) is 10.4. The molecule has 2 aromatic carbocycles. The second-order valence-electron chi connectivity index (χ2n) is 7.02. The average molecular weight is 423 g/mol. The topological polar surface area (TPSA) is 69.7 Å². The number of sulfonamides is 1. The van der Waals surface area contributed by atoms with Crippen LogP contribution in [0.4, 0.5) is 8.78 Å². The highest BCUT2D eigenvalue weighted by molar-refractivity contribution is 7.89. The molecule has 29 heavy (non-hydrogen) atoms. The molecular weight excluding hydrogens is 400 g/mol. The van der Waals surface area contributed by atoms with E-state index in [4.69, 9.17) is 0 Å². The number of nitrogens with one attached hydrogen (secondary N) is 1. The first kappa shape index (κ1) is 21.4. The fourth-order valence-electron chi connectivity index (χ4n) is 3.08. The molecule has 1 aliphatic rings. The molecule has 0 unspecified atom stereocenters. The van der Waals surface area contributed by atoms with Crippen molar-refractivity contribution >= 4 is 15.9 Å². The Balaban J connectivity index is 1.50. The number of nitrogens with zero attached hydrogens (tertiary/aromatic N) is 2. The zero-order valence-electron chi connectivity index (χ0n) is 16.1. The Morgan fingerprint density at radius 1 is 1.00 bits per heavy atom. The van der Waals surface area contributed by atoms with Gasteiger partial charge in [-0.15, -0.1) is 0 Å². The Hall–Kier alpha value is -2.36. The minimum absolute atomic E-state index is 0.137. The first-order valence-electron chi connectivity index (χ1n) is 9.25. The highest BCUT2D eigenvalue weighted by atomic mass is 32.2. The molecule has 0 saturated carbocycles. The molecule has 1 fully saturated rings. The summed E-state index contributed by atoms with van der Waals surface area (Å²) in [7, 11) is -3.90. The molecule has 0 spiro atoms. The molecule has 2 aromatic rings. The highest BCUT2D eigenvalue weighted by Gasteiger charge is 2.29. The van der Waals surface area contributed by atoms with Gasteiger partial charge in [0.25, 0.3) is 0 Å². The molecule has 0 bridgehead atoms. The van der Waals surface area contributed by atoms with Crippen molar-refractivity contribution in [3.8, 4) is 0 Å². The normalized spacial score (nSPS) is 16.0. The molecule has 1 heterocycles. The molecule has 0 atom stereocenters. The maximum absolute atomic E-state index is 13.4. The third-order valence-corrected chi connectivity index (χ3v) is 6.73. The van der Waals surface area contributed by atoms with Crippen LogP contribution >= 0.6 is 0 Å². The number of hydrogen-bond acceptors (Lipinski definition) is 4. The molecule has 1 N–H and O–H groups in total. The van der Waals surface area contributed by atoms with Crippen LogP contribution < -0.4 is 5.32 Å². The Kier molecular flexibility index (Phi) is 6.61. The van der Waals surface area contributed by atoms with Crippen molar-refractivity contribution in [2.24, 2.45) is 0 Å². The van der Waals surface area contributed by atoms with Crippen LogP contribution in [0.25, 0.3) is 0 Å². The molecule has 0 radical (unpaired) electrons. The van der Waals surface area contributed by atoms with Gasteiger partial charge in [0, 0.05) is 32.7 Å². The van der Waals surface area contributed by atoms with Crippen LogP contribution in [0.5, 0.6) is 0 Å². The van der Waals surface area contributed by atoms with Gasteiger partial charge in [0.2, 0.25) is 15.9 Å². The Labute approximate surface area is 169 Å². The molecule has 0 aliphatic carbocycles. The van der Waals surface area contributed by atoms with Crippen molar-refractivity contribution < 1.29 is 22.0 Å². The minimum Gasteiger partial charge on any atom is -0.351 e. The van der Waals surface area contributed by atoms with Crippen molar-refractivity contribution in [3.63, 3.8) is 0 Å². The van der Waals surface area contributed by atoms with Crippen LogP contribution in [0.2, 0.25) is 0 Å². The number of hydrogen-bond donors (Lipinski definition) is 1. The van der Waals surface area contributed by atoms with Crippen molar-refractivity contribution in [2.45, 2.75) is 18.4 Å². The van der Waals surface area contributed by atoms with Crippen LogP contribution in [0.3, 0.4) is 0 Å². The third-order valence-electron chi connectivity index (χ3n) is 4.84. The van der Waals surface area contributed by atoms with Crippen LogP contribution in [0, 0.1) is 18.6 Å². The number of aryl methyl sites for hydroxylation is 1. The van der Waals surface area contributed by atoms with Crippen molar-refractivity contribution in [2.75, 3.05) is 32.7 Å². The summed E-state index contributed by atoms with van der Waals surface area (Å²) in [6.45, 7) is 3.70. The molecule has 1 amide bonds. The first-order valence-corrected chi connectivity index (χ1v) is 10.7. The Morgan fingerprint density at radius 2 is 1.66 bits per heavy atom. The fraction of sp³-hybridized carbons (Fsp3) is 0.350.